The molecule has 1 fully saturated rings. The number of nitrogens with zero attached hydrogens (tertiary/aromatic N) is 1. The molecule has 0 aliphatic carbocycles. The molecule has 0 spiro atoms. The SMILES string of the molecule is CCCC(C)[C@@H](c1cc(C)ccc1F)N1CCNCC1. The van der Waals surface area contributed by atoms with Crippen molar-refractivity contribution in [1.82, 2.24) is 10.2 Å². The van der Waals surface area contributed by atoms with E-state index in [-0.39, 0.29) is 11.9 Å². The second-order valence-corrected chi connectivity index (χ2v) is 6.02. The van der Waals surface area contributed by atoms with E-state index in [1.54, 1.807) is 6.07 Å². The Morgan fingerprint density at radius 2 is 2.00 bits per heavy atom. The van der Waals surface area contributed by atoms with Gasteiger partial charge in [0.2, 0.25) is 0 Å². The third-order valence-electron chi connectivity index (χ3n) is 4.30. The number of nitrogens with one attached hydrogen (secondary N) is 1. The highest BCUT2D eigenvalue weighted by atomic mass is 19.1. The van der Waals surface area contributed by atoms with Crippen molar-refractivity contribution < 1.29 is 4.39 Å². The summed E-state index contributed by atoms with van der Waals surface area (Å²) < 4.78 is 14.3. The van der Waals surface area contributed by atoms with Gasteiger partial charge in [-0.05, 0) is 25.3 Å². The van der Waals surface area contributed by atoms with Gasteiger partial charge in [-0.1, -0.05) is 38.0 Å². The maximum atomic E-state index is 14.3. The first-order valence-electron chi connectivity index (χ1n) is 7.84. The first-order chi connectivity index (χ1) is 9.63. The van der Waals surface area contributed by atoms with E-state index in [0.29, 0.717) is 5.92 Å². The lowest BCUT2D eigenvalue weighted by Gasteiger charge is -2.39. The Kier molecular flexibility index (Phi) is 5.55. The summed E-state index contributed by atoms with van der Waals surface area (Å²) in [4.78, 5) is 2.45. The lowest BCUT2D eigenvalue weighted by atomic mass is 9.88. The summed E-state index contributed by atoms with van der Waals surface area (Å²) in [6, 6.07) is 5.72. The normalized spacial score (nSPS) is 19.8. The molecule has 0 radical (unpaired) electrons. The van der Waals surface area contributed by atoms with Crippen LogP contribution in [-0.2, 0) is 0 Å². The molecule has 1 aromatic rings. The summed E-state index contributed by atoms with van der Waals surface area (Å²) >= 11 is 0. The summed E-state index contributed by atoms with van der Waals surface area (Å²) in [6.45, 7) is 10.5. The van der Waals surface area contributed by atoms with Crippen LogP contribution in [0, 0.1) is 18.7 Å². The highest BCUT2D eigenvalue weighted by Gasteiger charge is 2.28. The van der Waals surface area contributed by atoms with E-state index in [2.05, 4.69) is 24.1 Å². The number of hydrogen-bond acceptors (Lipinski definition) is 2. The van der Waals surface area contributed by atoms with E-state index in [0.717, 1.165) is 50.1 Å². The zero-order valence-corrected chi connectivity index (χ0v) is 13.0. The third-order valence-corrected chi connectivity index (χ3v) is 4.30. The van der Waals surface area contributed by atoms with Crippen LogP contribution in [0.5, 0.6) is 0 Å². The molecule has 1 aliphatic heterocycles. The second kappa shape index (κ2) is 7.19. The number of benzene rings is 1. The lowest BCUT2D eigenvalue weighted by molar-refractivity contribution is 0.123. The van der Waals surface area contributed by atoms with Gasteiger partial charge in [-0.15, -0.1) is 0 Å². The van der Waals surface area contributed by atoms with Gasteiger partial charge in [-0.25, -0.2) is 4.39 Å². The molecule has 2 rings (SSSR count). The fourth-order valence-electron chi connectivity index (χ4n) is 3.33. The molecule has 20 heavy (non-hydrogen) atoms. The molecule has 1 aromatic carbocycles. The fraction of sp³-hybridized carbons (Fsp3) is 0.647. The minimum Gasteiger partial charge on any atom is -0.314 e. The number of rotatable bonds is 5. The Morgan fingerprint density at radius 1 is 1.30 bits per heavy atom. The van der Waals surface area contributed by atoms with Crippen molar-refractivity contribution in [2.45, 2.75) is 39.7 Å². The predicted octanol–water partition coefficient (Wildman–Crippen LogP) is 3.52. The molecule has 0 aromatic heterocycles. The fourth-order valence-corrected chi connectivity index (χ4v) is 3.33. The van der Waals surface area contributed by atoms with Crippen LogP contribution < -0.4 is 5.32 Å². The highest BCUT2D eigenvalue weighted by Crippen LogP contribution is 2.33. The lowest BCUT2D eigenvalue weighted by Crippen LogP contribution is -2.46. The number of aryl methyl sites for hydroxylation is 1. The van der Waals surface area contributed by atoms with Crippen molar-refractivity contribution in [2.75, 3.05) is 26.2 Å². The molecule has 112 valence electrons. The van der Waals surface area contributed by atoms with Gasteiger partial charge in [-0.3, -0.25) is 4.90 Å². The average molecular weight is 278 g/mol. The highest BCUT2D eigenvalue weighted by molar-refractivity contribution is 5.27. The Balaban J connectivity index is 2.31. The van der Waals surface area contributed by atoms with Crippen molar-refractivity contribution >= 4 is 0 Å². The average Bonchev–Trinajstić information content (AvgIpc) is 2.44. The van der Waals surface area contributed by atoms with Crippen LogP contribution in [0.1, 0.15) is 43.9 Å². The smallest absolute Gasteiger partial charge is 0.128 e. The van der Waals surface area contributed by atoms with Crippen molar-refractivity contribution in [3.8, 4) is 0 Å². The van der Waals surface area contributed by atoms with Crippen LogP contribution in [0.4, 0.5) is 4.39 Å². The Bertz CT molecular complexity index is 427. The molecule has 1 heterocycles. The van der Waals surface area contributed by atoms with E-state index < -0.39 is 0 Å². The van der Waals surface area contributed by atoms with Gasteiger partial charge in [-0.2, -0.15) is 0 Å². The topological polar surface area (TPSA) is 15.3 Å². The van der Waals surface area contributed by atoms with Crippen molar-refractivity contribution in [1.29, 1.82) is 0 Å². The molecular weight excluding hydrogens is 251 g/mol. The van der Waals surface area contributed by atoms with Gasteiger partial charge < -0.3 is 5.32 Å². The Hall–Kier alpha value is -0.930. The second-order valence-electron chi connectivity index (χ2n) is 6.02. The first kappa shape index (κ1) is 15.5. The summed E-state index contributed by atoms with van der Waals surface area (Å²) in [5.41, 5.74) is 2.03. The Morgan fingerprint density at radius 3 is 2.65 bits per heavy atom. The van der Waals surface area contributed by atoms with Gasteiger partial charge >= 0.3 is 0 Å². The molecule has 1 aliphatic rings. The summed E-state index contributed by atoms with van der Waals surface area (Å²) in [5.74, 6) is 0.427. The Labute approximate surface area is 122 Å². The monoisotopic (exact) mass is 278 g/mol. The van der Waals surface area contributed by atoms with Crippen LogP contribution in [0.25, 0.3) is 0 Å². The molecule has 3 heteroatoms. The summed E-state index contributed by atoms with van der Waals surface area (Å²) in [7, 11) is 0. The van der Waals surface area contributed by atoms with Crippen LogP contribution in [0.2, 0.25) is 0 Å². The summed E-state index contributed by atoms with van der Waals surface area (Å²) in [6.07, 6.45) is 2.29. The van der Waals surface area contributed by atoms with E-state index >= 15 is 0 Å². The van der Waals surface area contributed by atoms with E-state index in [1.807, 2.05) is 19.1 Å². The quantitative estimate of drug-likeness (QED) is 0.886. The molecular formula is C17H27FN2. The molecule has 2 atom stereocenters. The number of halogens is 1. The molecule has 0 saturated carbocycles. The van der Waals surface area contributed by atoms with Crippen molar-refractivity contribution in [3.05, 3.63) is 35.1 Å². The van der Waals surface area contributed by atoms with Crippen LogP contribution in [0.3, 0.4) is 0 Å². The van der Waals surface area contributed by atoms with E-state index in [9.17, 15) is 4.39 Å². The van der Waals surface area contributed by atoms with Crippen molar-refractivity contribution in [2.24, 2.45) is 5.92 Å². The molecule has 2 nitrogen and oxygen atoms in total. The van der Waals surface area contributed by atoms with Crippen LogP contribution in [0.15, 0.2) is 18.2 Å². The molecule has 1 N–H and O–H groups in total. The zero-order chi connectivity index (χ0) is 14.5. The maximum absolute atomic E-state index is 14.3. The molecule has 0 amide bonds. The van der Waals surface area contributed by atoms with Gasteiger partial charge in [0.1, 0.15) is 5.82 Å². The predicted molar refractivity (Wildman–Crippen MR) is 82.4 cm³/mol. The number of piperazine rings is 1. The van der Waals surface area contributed by atoms with Crippen LogP contribution >= 0.6 is 0 Å². The summed E-state index contributed by atoms with van der Waals surface area (Å²) in [5, 5.41) is 3.38. The van der Waals surface area contributed by atoms with Crippen LogP contribution in [-0.4, -0.2) is 31.1 Å². The number of hydrogen-bond donors (Lipinski definition) is 1. The van der Waals surface area contributed by atoms with Gasteiger partial charge in [0.15, 0.2) is 0 Å². The molecule has 1 saturated heterocycles. The van der Waals surface area contributed by atoms with Gasteiger partial charge in [0.05, 0.1) is 0 Å². The minimum atomic E-state index is -0.0536. The third kappa shape index (κ3) is 3.58. The van der Waals surface area contributed by atoms with E-state index in [4.69, 9.17) is 0 Å². The van der Waals surface area contributed by atoms with E-state index in [1.165, 1.54) is 0 Å². The largest absolute Gasteiger partial charge is 0.314 e. The molecule has 0 bridgehead atoms. The first-order valence-corrected chi connectivity index (χ1v) is 7.84. The van der Waals surface area contributed by atoms with Gasteiger partial charge in [0, 0.05) is 37.8 Å². The standard InChI is InChI=1S/C17H27FN2/c1-4-5-14(3)17(20-10-8-19-9-11-20)15-12-13(2)6-7-16(15)18/h6-7,12,14,17,19H,4-5,8-11H2,1-3H3/t14?,17-/m0/s1. The molecule has 1 unspecified atom stereocenters. The maximum Gasteiger partial charge on any atom is 0.128 e. The zero-order valence-electron chi connectivity index (χ0n) is 13.0. The minimum absolute atomic E-state index is 0.0536. The van der Waals surface area contributed by atoms with Crippen molar-refractivity contribution in [3.63, 3.8) is 0 Å². The van der Waals surface area contributed by atoms with Gasteiger partial charge in [0.25, 0.3) is 0 Å².